The van der Waals surface area contributed by atoms with Crippen LogP contribution in [0.5, 0.6) is 0 Å². The fourth-order valence-corrected chi connectivity index (χ4v) is 3.71. The van der Waals surface area contributed by atoms with E-state index in [-0.39, 0.29) is 11.3 Å². The number of para-hydroxylation sites is 1. The summed E-state index contributed by atoms with van der Waals surface area (Å²) in [5.74, 6) is 0.188. The molecule has 0 radical (unpaired) electrons. The van der Waals surface area contributed by atoms with Crippen molar-refractivity contribution in [3.8, 4) is 5.69 Å². The topological polar surface area (TPSA) is 92.9 Å². The van der Waals surface area contributed by atoms with E-state index in [4.69, 9.17) is 0 Å². The maximum absolute atomic E-state index is 12.7. The van der Waals surface area contributed by atoms with Gasteiger partial charge in [0.1, 0.15) is 6.10 Å². The van der Waals surface area contributed by atoms with Gasteiger partial charge in [0.15, 0.2) is 5.82 Å². The summed E-state index contributed by atoms with van der Waals surface area (Å²) < 4.78 is 1.57. The number of benzene rings is 2. The van der Waals surface area contributed by atoms with Gasteiger partial charge in [0.05, 0.1) is 11.7 Å². The summed E-state index contributed by atoms with van der Waals surface area (Å²) in [6.45, 7) is 9.99. The Morgan fingerprint density at radius 2 is 1.71 bits per heavy atom. The average molecular weight is 422 g/mol. The van der Waals surface area contributed by atoms with Crippen molar-refractivity contribution in [1.82, 2.24) is 25.5 Å². The van der Waals surface area contributed by atoms with Gasteiger partial charge in [-0.25, -0.2) is 0 Å². The van der Waals surface area contributed by atoms with Gasteiger partial charge in [-0.3, -0.25) is 4.79 Å². The molecular weight excluding hydrogens is 390 g/mol. The fourth-order valence-electron chi connectivity index (χ4n) is 3.71. The number of hydrogen-bond donors (Lipinski definition) is 2. The Morgan fingerprint density at radius 3 is 2.32 bits per heavy atom. The second-order valence-electron chi connectivity index (χ2n) is 9.24. The molecule has 3 rings (SSSR count). The maximum Gasteiger partial charge on any atom is 0.220 e. The summed E-state index contributed by atoms with van der Waals surface area (Å²) in [4.78, 5) is 12.7. The fraction of sp³-hybridized carbons (Fsp3) is 0.417. The van der Waals surface area contributed by atoms with Gasteiger partial charge in [0.25, 0.3) is 0 Å². The number of carbonyl (C=O) groups excluding carboxylic acids is 1. The Labute approximate surface area is 183 Å². The molecule has 0 saturated heterocycles. The van der Waals surface area contributed by atoms with E-state index in [0.29, 0.717) is 18.7 Å². The van der Waals surface area contributed by atoms with Crippen molar-refractivity contribution in [2.24, 2.45) is 5.41 Å². The van der Waals surface area contributed by atoms with Gasteiger partial charge >= 0.3 is 0 Å². The SMILES string of the molecule is Cc1cccc(C)c1-n1nnnc1C(O)[C@H](Cc1ccccc1)NC(=O)CC(C)(C)C. The van der Waals surface area contributed by atoms with Crippen LogP contribution in [0, 0.1) is 19.3 Å². The Morgan fingerprint density at radius 1 is 1.06 bits per heavy atom. The number of aliphatic hydroxyl groups excluding tert-OH is 1. The third kappa shape index (κ3) is 5.76. The third-order valence-corrected chi connectivity index (χ3v) is 5.13. The van der Waals surface area contributed by atoms with Crippen molar-refractivity contribution in [1.29, 1.82) is 0 Å². The quantitative estimate of drug-likeness (QED) is 0.609. The molecule has 0 aliphatic carbocycles. The number of nitrogens with zero attached hydrogens (tertiary/aromatic N) is 4. The minimum atomic E-state index is -1.09. The zero-order valence-corrected chi connectivity index (χ0v) is 18.8. The van der Waals surface area contributed by atoms with Crippen LogP contribution in [-0.2, 0) is 11.2 Å². The molecule has 0 aliphatic heterocycles. The standard InChI is InChI=1S/C24H31N5O2/c1-16-10-9-11-17(2)21(16)29-23(26-27-28-29)22(31)19(14-18-12-7-6-8-13-18)25-20(30)15-24(3,4)5/h6-13,19,22,31H,14-15H2,1-5H3,(H,25,30)/t19-,22?/m0/s1. The number of tetrazole rings is 1. The van der Waals surface area contributed by atoms with Crippen LogP contribution in [0.1, 0.15) is 55.8 Å². The molecule has 1 heterocycles. The van der Waals surface area contributed by atoms with Gasteiger partial charge in [0.2, 0.25) is 5.91 Å². The third-order valence-electron chi connectivity index (χ3n) is 5.13. The summed E-state index contributed by atoms with van der Waals surface area (Å²) in [6.07, 6.45) is -0.275. The molecule has 0 bridgehead atoms. The number of aromatic nitrogens is 4. The smallest absolute Gasteiger partial charge is 0.220 e. The zero-order valence-electron chi connectivity index (χ0n) is 18.8. The first kappa shape index (κ1) is 22.6. The summed E-state index contributed by atoms with van der Waals surface area (Å²) >= 11 is 0. The highest BCUT2D eigenvalue weighted by molar-refractivity contribution is 5.77. The highest BCUT2D eigenvalue weighted by Gasteiger charge is 2.30. The molecule has 7 heteroatoms. The first-order chi connectivity index (χ1) is 14.7. The Hall–Kier alpha value is -3.06. The van der Waals surface area contributed by atoms with Gasteiger partial charge in [-0.15, -0.1) is 5.10 Å². The normalized spacial score (nSPS) is 13.6. The molecule has 0 aliphatic rings. The molecule has 1 amide bonds. The van der Waals surface area contributed by atoms with Crippen molar-refractivity contribution in [3.63, 3.8) is 0 Å². The first-order valence-electron chi connectivity index (χ1n) is 10.5. The van der Waals surface area contributed by atoms with Crippen LogP contribution < -0.4 is 5.32 Å². The molecule has 3 aromatic rings. The molecule has 2 atom stereocenters. The lowest BCUT2D eigenvalue weighted by atomic mass is 9.91. The molecule has 2 N–H and O–H groups in total. The molecule has 0 saturated carbocycles. The van der Waals surface area contributed by atoms with Crippen LogP contribution in [0.2, 0.25) is 0 Å². The second kappa shape index (κ2) is 9.39. The van der Waals surface area contributed by atoms with Gasteiger partial charge in [0, 0.05) is 6.42 Å². The molecular formula is C24H31N5O2. The lowest BCUT2D eigenvalue weighted by Gasteiger charge is -2.26. The van der Waals surface area contributed by atoms with Crippen LogP contribution in [0.25, 0.3) is 5.69 Å². The lowest BCUT2D eigenvalue weighted by Crippen LogP contribution is -2.42. The van der Waals surface area contributed by atoms with Crippen molar-refractivity contribution in [2.75, 3.05) is 0 Å². The second-order valence-corrected chi connectivity index (χ2v) is 9.24. The van der Waals surface area contributed by atoms with Crippen molar-refractivity contribution in [2.45, 2.75) is 59.6 Å². The maximum atomic E-state index is 12.7. The number of carbonyl (C=O) groups is 1. The van der Waals surface area contributed by atoms with E-state index in [1.165, 1.54) is 0 Å². The predicted octanol–water partition coefficient (Wildman–Crippen LogP) is 3.48. The van der Waals surface area contributed by atoms with E-state index in [9.17, 15) is 9.90 Å². The first-order valence-corrected chi connectivity index (χ1v) is 10.5. The van der Waals surface area contributed by atoms with Crippen LogP contribution >= 0.6 is 0 Å². The van der Waals surface area contributed by atoms with E-state index in [0.717, 1.165) is 22.4 Å². The van der Waals surface area contributed by atoms with E-state index >= 15 is 0 Å². The van der Waals surface area contributed by atoms with Gasteiger partial charge in [-0.05, 0) is 52.8 Å². The number of aliphatic hydroxyl groups is 1. The molecule has 164 valence electrons. The molecule has 0 fully saturated rings. The highest BCUT2D eigenvalue weighted by atomic mass is 16.3. The molecule has 2 aromatic carbocycles. The van der Waals surface area contributed by atoms with E-state index < -0.39 is 12.1 Å². The van der Waals surface area contributed by atoms with Crippen LogP contribution in [-0.4, -0.2) is 37.3 Å². The van der Waals surface area contributed by atoms with Crippen LogP contribution in [0.15, 0.2) is 48.5 Å². The Bertz CT molecular complexity index is 1000. The monoisotopic (exact) mass is 421 g/mol. The highest BCUT2D eigenvalue weighted by Crippen LogP contribution is 2.25. The van der Waals surface area contributed by atoms with E-state index in [2.05, 4.69) is 20.8 Å². The molecule has 1 aromatic heterocycles. The molecule has 7 nitrogen and oxygen atoms in total. The number of nitrogens with one attached hydrogen (secondary N) is 1. The molecule has 1 unspecified atom stereocenters. The molecule has 31 heavy (non-hydrogen) atoms. The van der Waals surface area contributed by atoms with Crippen LogP contribution in [0.3, 0.4) is 0 Å². The number of aryl methyl sites for hydroxylation is 2. The summed E-state index contributed by atoms with van der Waals surface area (Å²) in [7, 11) is 0. The summed E-state index contributed by atoms with van der Waals surface area (Å²) in [6, 6.07) is 15.1. The minimum Gasteiger partial charge on any atom is -0.383 e. The van der Waals surface area contributed by atoms with Gasteiger partial charge in [-0.1, -0.05) is 69.3 Å². The van der Waals surface area contributed by atoms with Crippen LogP contribution in [0.4, 0.5) is 0 Å². The van der Waals surface area contributed by atoms with E-state index in [1.807, 2.05) is 83.1 Å². The Kier molecular flexibility index (Phi) is 6.85. The largest absolute Gasteiger partial charge is 0.383 e. The van der Waals surface area contributed by atoms with Crippen molar-refractivity contribution in [3.05, 3.63) is 71.0 Å². The molecule has 0 spiro atoms. The van der Waals surface area contributed by atoms with Crippen molar-refractivity contribution < 1.29 is 9.90 Å². The Balaban J connectivity index is 1.94. The summed E-state index contributed by atoms with van der Waals surface area (Å²) in [5.41, 5.74) is 3.68. The number of hydrogen-bond acceptors (Lipinski definition) is 5. The van der Waals surface area contributed by atoms with E-state index in [1.54, 1.807) is 4.68 Å². The number of rotatable bonds is 7. The average Bonchev–Trinajstić information content (AvgIpc) is 3.15. The predicted molar refractivity (Wildman–Crippen MR) is 120 cm³/mol. The zero-order chi connectivity index (χ0) is 22.6. The minimum absolute atomic E-state index is 0.112. The van der Waals surface area contributed by atoms with Crippen molar-refractivity contribution >= 4 is 5.91 Å². The van der Waals surface area contributed by atoms with Gasteiger partial charge in [-0.2, -0.15) is 4.68 Å². The summed E-state index contributed by atoms with van der Waals surface area (Å²) in [5, 5.41) is 26.4. The lowest BCUT2D eigenvalue weighted by molar-refractivity contribution is -0.124. The van der Waals surface area contributed by atoms with Gasteiger partial charge < -0.3 is 10.4 Å². The number of amides is 1.